The molecule has 0 saturated carbocycles. The van der Waals surface area contributed by atoms with Gasteiger partial charge in [0.2, 0.25) is 5.91 Å². The van der Waals surface area contributed by atoms with E-state index in [4.69, 9.17) is 15.6 Å². The fraction of sp³-hybridized carbons (Fsp3) is 0.368. The number of carboxylic acids is 1. The van der Waals surface area contributed by atoms with Gasteiger partial charge in [-0.1, -0.05) is 6.07 Å². The number of carbonyl (C=O) groups excluding carboxylic acids is 2. The lowest BCUT2D eigenvalue weighted by molar-refractivity contribution is -0.384. The molecular weight excluding hydrogens is 465 g/mol. The van der Waals surface area contributed by atoms with Crippen molar-refractivity contribution in [2.45, 2.75) is 25.1 Å². The van der Waals surface area contributed by atoms with E-state index in [2.05, 4.69) is 10.4 Å². The molecule has 1 aromatic carbocycles. The summed E-state index contributed by atoms with van der Waals surface area (Å²) in [6.45, 7) is 1.50. The number of rotatable bonds is 6. The molecule has 15 heteroatoms. The summed E-state index contributed by atoms with van der Waals surface area (Å²) in [5.74, 6) is -3.48. The zero-order valence-corrected chi connectivity index (χ0v) is 17.6. The third-order valence-corrected chi connectivity index (χ3v) is 4.59. The van der Waals surface area contributed by atoms with Crippen LogP contribution >= 0.6 is 0 Å². The number of aliphatic carboxylic acids is 1. The van der Waals surface area contributed by atoms with Crippen LogP contribution in [0.15, 0.2) is 36.5 Å². The molecule has 1 saturated heterocycles. The van der Waals surface area contributed by atoms with Crippen molar-refractivity contribution in [1.29, 1.82) is 0 Å². The quantitative estimate of drug-likeness (QED) is 0.402. The normalized spacial score (nSPS) is 16.1. The molecule has 1 fully saturated rings. The molecule has 1 atom stereocenters. The van der Waals surface area contributed by atoms with Crippen molar-refractivity contribution in [3.05, 3.63) is 52.3 Å². The standard InChI is InChI=1S/C17H20N6O4.C2HF3O2/c18-16(24)11-21-7-2-3-12(10-21)19-17(25)15-6-8-22(20-15)13-4-1-5-14(9-13)23(26)27;3-2(4,5)1(6)7/h1,4-6,8-9,12H,2-3,7,10-11H2,(H2,18,24)(H,19,25);(H,6,7). The Morgan fingerprint density at radius 1 is 1.29 bits per heavy atom. The number of amides is 2. The summed E-state index contributed by atoms with van der Waals surface area (Å²) < 4.78 is 33.2. The van der Waals surface area contributed by atoms with Gasteiger partial charge in [-0.2, -0.15) is 18.3 Å². The van der Waals surface area contributed by atoms with Crippen LogP contribution in [-0.4, -0.2) is 74.3 Å². The molecule has 3 rings (SSSR count). The van der Waals surface area contributed by atoms with Crippen molar-refractivity contribution in [2.75, 3.05) is 19.6 Å². The van der Waals surface area contributed by atoms with Gasteiger partial charge in [0.25, 0.3) is 11.6 Å². The Morgan fingerprint density at radius 2 is 1.97 bits per heavy atom. The zero-order chi connectivity index (χ0) is 25.5. The van der Waals surface area contributed by atoms with Gasteiger partial charge in [-0.25, -0.2) is 9.48 Å². The van der Waals surface area contributed by atoms with Crippen LogP contribution in [0.1, 0.15) is 23.3 Å². The summed E-state index contributed by atoms with van der Waals surface area (Å²) in [5.41, 5.74) is 5.89. The van der Waals surface area contributed by atoms with Gasteiger partial charge in [-0.15, -0.1) is 0 Å². The number of likely N-dealkylation sites (tertiary alicyclic amines) is 1. The van der Waals surface area contributed by atoms with Crippen LogP contribution in [0, 0.1) is 10.1 Å². The van der Waals surface area contributed by atoms with Crippen molar-refractivity contribution < 1.29 is 37.6 Å². The SMILES string of the molecule is NC(=O)CN1CCCC(NC(=O)c2ccn(-c3cccc([N+](=O)[O-])c3)n2)C1.O=C(O)C(F)(F)F. The summed E-state index contributed by atoms with van der Waals surface area (Å²) in [7, 11) is 0. The Labute approximate surface area is 190 Å². The molecule has 0 radical (unpaired) electrons. The van der Waals surface area contributed by atoms with Crippen LogP contribution < -0.4 is 11.1 Å². The first-order chi connectivity index (χ1) is 15.9. The highest BCUT2D eigenvalue weighted by atomic mass is 19.4. The molecule has 1 aromatic heterocycles. The first-order valence-electron chi connectivity index (χ1n) is 9.79. The molecule has 4 N–H and O–H groups in total. The number of primary amides is 1. The smallest absolute Gasteiger partial charge is 0.475 e. The van der Waals surface area contributed by atoms with E-state index in [1.54, 1.807) is 24.4 Å². The number of hydrogen-bond donors (Lipinski definition) is 3. The minimum atomic E-state index is -5.08. The highest BCUT2D eigenvalue weighted by molar-refractivity contribution is 5.92. The monoisotopic (exact) mass is 486 g/mol. The molecular formula is C19H21F3N6O6. The van der Waals surface area contributed by atoms with Gasteiger partial charge < -0.3 is 16.2 Å². The van der Waals surface area contributed by atoms with E-state index in [0.717, 1.165) is 19.4 Å². The first kappa shape index (κ1) is 26.2. The van der Waals surface area contributed by atoms with Crippen LogP contribution in [0.5, 0.6) is 0 Å². The molecule has 1 unspecified atom stereocenters. The fourth-order valence-corrected chi connectivity index (χ4v) is 3.13. The molecule has 1 aliphatic heterocycles. The topological polar surface area (TPSA) is 174 Å². The van der Waals surface area contributed by atoms with E-state index in [-0.39, 0.29) is 29.9 Å². The highest BCUT2D eigenvalue weighted by Crippen LogP contribution is 2.17. The highest BCUT2D eigenvalue weighted by Gasteiger charge is 2.38. The summed E-state index contributed by atoms with van der Waals surface area (Å²) in [6.07, 6.45) is -1.83. The third kappa shape index (κ3) is 7.84. The molecule has 0 spiro atoms. The zero-order valence-electron chi connectivity index (χ0n) is 17.6. The number of nitrogens with one attached hydrogen (secondary N) is 1. The fourth-order valence-electron chi connectivity index (χ4n) is 3.13. The molecule has 2 aromatic rings. The van der Waals surface area contributed by atoms with Gasteiger partial charge in [0.05, 0.1) is 17.2 Å². The molecule has 12 nitrogen and oxygen atoms in total. The summed E-state index contributed by atoms with van der Waals surface area (Å²) in [6, 6.07) is 7.47. The second kappa shape index (κ2) is 11.2. The Balaban J connectivity index is 0.000000509. The second-order valence-corrected chi connectivity index (χ2v) is 7.24. The molecule has 0 aliphatic carbocycles. The molecule has 2 heterocycles. The lowest BCUT2D eigenvalue weighted by Gasteiger charge is -2.32. The number of nitrogens with two attached hydrogens (primary N) is 1. The predicted octanol–water partition coefficient (Wildman–Crippen LogP) is 1.09. The number of nitro groups is 1. The first-order valence-corrected chi connectivity index (χ1v) is 9.79. The largest absolute Gasteiger partial charge is 0.490 e. The maximum Gasteiger partial charge on any atom is 0.490 e. The average molecular weight is 486 g/mol. The molecule has 1 aliphatic rings. The minimum absolute atomic E-state index is 0.0502. The van der Waals surface area contributed by atoms with Crippen LogP contribution in [-0.2, 0) is 9.59 Å². The lowest BCUT2D eigenvalue weighted by Crippen LogP contribution is -2.49. The van der Waals surface area contributed by atoms with Crippen LogP contribution in [0.2, 0.25) is 0 Å². The number of non-ortho nitro benzene ring substituents is 1. The number of carbonyl (C=O) groups is 3. The van der Waals surface area contributed by atoms with Crippen LogP contribution in [0.25, 0.3) is 5.69 Å². The van der Waals surface area contributed by atoms with Crippen molar-refractivity contribution in [3.8, 4) is 5.69 Å². The van der Waals surface area contributed by atoms with Crippen LogP contribution in [0.3, 0.4) is 0 Å². The average Bonchev–Trinajstić information content (AvgIpc) is 3.24. The summed E-state index contributed by atoms with van der Waals surface area (Å²) >= 11 is 0. The Kier molecular flexibility index (Phi) is 8.66. The van der Waals surface area contributed by atoms with E-state index in [0.29, 0.717) is 12.2 Å². The maximum absolute atomic E-state index is 12.5. The number of halogens is 3. The number of nitrogens with zero attached hydrogens (tertiary/aromatic N) is 4. The number of benzene rings is 1. The van der Waals surface area contributed by atoms with E-state index in [9.17, 15) is 32.9 Å². The van der Waals surface area contributed by atoms with E-state index in [1.807, 2.05) is 4.90 Å². The van der Waals surface area contributed by atoms with Crippen LogP contribution in [0.4, 0.5) is 18.9 Å². The van der Waals surface area contributed by atoms with E-state index >= 15 is 0 Å². The Hall–Kier alpha value is -4.01. The van der Waals surface area contributed by atoms with Gasteiger partial charge in [0.15, 0.2) is 5.69 Å². The van der Waals surface area contributed by atoms with E-state index in [1.165, 1.54) is 16.8 Å². The van der Waals surface area contributed by atoms with Gasteiger partial charge in [0.1, 0.15) is 0 Å². The van der Waals surface area contributed by atoms with Crippen molar-refractivity contribution in [2.24, 2.45) is 5.73 Å². The molecule has 184 valence electrons. The van der Waals surface area contributed by atoms with Crippen molar-refractivity contribution in [1.82, 2.24) is 20.0 Å². The second-order valence-electron chi connectivity index (χ2n) is 7.24. The van der Waals surface area contributed by atoms with Crippen molar-refractivity contribution in [3.63, 3.8) is 0 Å². The number of piperidine rings is 1. The number of carboxylic acid groups (broad SMARTS) is 1. The number of aromatic nitrogens is 2. The number of alkyl halides is 3. The minimum Gasteiger partial charge on any atom is -0.475 e. The third-order valence-electron chi connectivity index (χ3n) is 4.59. The van der Waals surface area contributed by atoms with Gasteiger partial charge in [0, 0.05) is 30.9 Å². The van der Waals surface area contributed by atoms with Gasteiger partial charge >= 0.3 is 12.1 Å². The van der Waals surface area contributed by atoms with E-state index < -0.39 is 23.0 Å². The predicted molar refractivity (Wildman–Crippen MR) is 110 cm³/mol. The lowest BCUT2D eigenvalue weighted by atomic mass is 10.1. The maximum atomic E-state index is 12.5. The number of nitro benzene ring substituents is 1. The number of hydrogen-bond acceptors (Lipinski definition) is 7. The van der Waals surface area contributed by atoms with Crippen molar-refractivity contribution >= 4 is 23.5 Å². The summed E-state index contributed by atoms with van der Waals surface area (Å²) in [4.78, 5) is 44.7. The Morgan fingerprint density at radius 3 is 2.56 bits per heavy atom. The summed E-state index contributed by atoms with van der Waals surface area (Å²) in [5, 5.41) is 25.1. The molecule has 34 heavy (non-hydrogen) atoms. The Bertz CT molecular complexity index is 1060. The van der Waals surface area contributed by atoms with Gasteiger partial charge in [-0.3, -0.25) is 24.6 Å². The molecule has 2 amide bonds. The molecule has 0 bridgehead atoms. The van der Waals surface area contributed by atoms with Gasteiger partial charge in [-0.05, 0) is 31.5 Å².